The van der Waals surface area contributed by atoms with E-state index in [1.165, 1.54) is 12.8 Å². The van der Waals surface area contributed by atoms with Gasteiger partial charge in [0.25, 0.3) is 0 Å². The number of rotatable bonds is 7. The molecular weight excluding hydrogens is 376 g/mol. The Morgan fingerprint density at radius 3 is 2.82 bits per heavy atom. The van der Waals surface area contributed by atoms with Gasteiger partial charge in [0, 0.05) is 31.4 Å². The molecule has 2 unspecified atom stereocenters. The molecule has 0 spiro atoms. The quantitative estimate of drug-likeness (QED) is 0.707. The first-order chi connectivity index (χ1) is 13.1. The molecule has 3 rings (SSSR count). The van der Waals surface area contributed by atoms with Crippen LogP contribution in [0, 0.1) is 24.7 Å². The Labute approximate surface area is 175 Å². The van der Waals surface area contributed by atoms with E-state index in [9.17, 15) is 4.79 Å². The molecule has 0 saturated carbocycles. The van der Waals surface area contributed by atoms with E-state index in [0.29, 0.717) is 30.8 Å². The lowest BCUT2D eigenvalue weighted by Gasteiger charge is -2.28. The summed E-state index contributed by atoms with van der Waals surface area (Å²) in [5, 5.41) is 6.50. The van der Waals surface area contributed by atoms with Crippen LogP contribution in [-0.4, -0.2) is 38.8 Å². The molecule has 0 bridgehead atoms. The molecule has 0 aromatic heterocycles. The lowest BCUT2D eigenvalue weighted by Crippen LogP contribution is -2.34. The van der Waals surface area contributed by atoms with Crippen LogP contribution in [0.25, 0.3) is 0 Å². The third-order valence-corrected chi connectivity index (χ3v) is 5.93. The van der Waals surface area contributed by atoms with Gasteiger partial charge in [-0.25, -0.2) is 0 Å². The van der Waals surface area contributed by atoms with Crippen molar-refractivity contribution in [1.82, 2.24) is 5.32 Å². The van der Waals surface area contributed by atoms with Crippen molar-refractivity contribution in [3.8, 4) is 5.75 Å². The molecule has 1 amide bonds. The smallest absolute Gasteiger partial charge is 0.224 e. The van der Waals surface area contributed by atoms with Crippen LogP contribution in [0.15, 0.2) is 18.2 Å². The van der Waals surface area contributed by atoms with Crippen molar-refractivity contribution in [3.05, 3.63) is 23.8 Å². The van der Waals surface area contributed by atoms with Gasteiger partial charge in [-0.3, -0.25) is 4.79 Å². The lowest BCUT2D eigenvalue weighted by molar-refractivity contribution is -0.117. The normalized spacial score (nSPS) is 21.4. The van der Waals surface area contributed by atoms with Gasteiger partial charge in [-0.2, -0.15) is 0 Å². The molecule has 2 aliphatic heterocycles. The molecule has 2 aliphatic rings. The number of amides is 1. The Balaban J connectivity index is 0.00000280. The van der Waals surface area contributed by atoms with Crippen LogP contribution in [0.5, 0.6) is 5.75 Å². The molecule has 158 valence electrons. The Morgan fingerprint density at radius 2 is 2.11 bits per heavy atom. The van der Waals surface area contributed by atoms with E-state index < -0.39 is 0 Å². The molecule has 2 atom stereocenters. The topological polar surface area (TPSA) is 59.6 Å². The van der Waals surface area contributed by atoms with Crippen molar-refractivity contribution in [1.29, 1.82) is 0 Å². The molecule has 2 fully saturated rings. The van der Waals surface area contributed by atoms with E-state index in [-0.39, 0.29) is 18.3 Å². The molecule has 2 heterocycles. The Bertz CT molecular complexity index is 614. The lowest BCUT2D eigenvalue weighted by atomic mass is 9.85. The van der Waals surface area contributed by atoms with Gasteiger partial charge in [-0.05, 0) is 75.1 Å². The number of carbonyl (C=O) groups excluding carboxylic acids is 1. The second-order valence-electron chi connectivity index (χ2n) is 8.18. The monoisotopic (exact) mass is 410 g/mol. The van der Waals surface area contributed by atoms with Crippen molar-refractivity contribution in [2.45, 2.75) is 46.0 Å². The number of carbonyl (C=O) groups is 1. The van der Waals surface area contributed by atoms with E-state index in [0.717, 1.165) is 56.1 Å². The zero-order chi connectivity index (χ0) is 19.1. The summed E-state index contributed by atoms with van der Waals surface area (Å²) in [4.78, 5) is 12.5. The van der Waals surface area contributed by atoms with Gasteiger partial charge in [0.2, 0.25) is 5.91 Å². The van der Waals surface area contributed by atoms with Gasteiger partial charge in [0.15, 0.2) is 0 Å². The van der Waals surface area contributed by atoms with Crippen LogP contribution >= 0.6 is 12.4 Å². The first kappa shape index (κ1) is 23.0. The van der Waals surface area contributed by atoms with Crippen LogP contribution in [-0.2, 0) is 9.53 Å². The minimum Gasteiger partial charge on any atom is -0.493 e. The first-order valence-corrected chi connectivity index (χ1v) is 10.4. The van der Waals surface area contributed by atoms with Crippen molar-refractivity contribution in [3.63, 3.8) is 0 Å². The van der Waals surface area contributed by atoms with E-state index in [1.807, 2.05) is 25.1 Å². The zero-order valence-corrected chi connectivity index (χ0v) is 18.0. The standard InChI is InChI=1S/C22H34N2O3.ClH/c1-16-5-6-20(13-21(16)27-15-18-7-10-26-11-8-18)24-22(25)12-17(2)19-4-3-9-23-14-19;/h5-6,13,17-19,23H,3-4,7-12,14-15H2,1-2H3,(H,24,25);1H. The van der Waals surface area contributed by atoms with E-state index >= 15 is 0 Å². The number of ether oxygens (including phenoxy) is 2. The predicted molar refractivity (Wildman–Crippen MR) is 115 cm³/mol. The molecule has 28 heavy (non-hydrogen) atoms. The van der Waals surface area contributed by atoms with Gasteiger partial charge in [0.05, 0.1) is 6.61 Å². The van der Waals surface area contributed by atoms with Crippen molar-refractivity contribution in [2.75, 3.05) is 38.2 Å². The largest absolute Gasteiger partial charge is 0.493 e. The van der Waals surface area contributed by atoms with Crippen molar-refractivity contribution < 1.29 is 14.3 Å². The highest BCUT2D eigenvalue weighted by molar-refractivity contribution is 5.91. The maximum atomic E-state index is 12.5. The van der Waals surface area contributed by atoms with Crippen LogP contribution in [0.4, 0.5) is 5.69 Å². The van der Waals surface area contributed by atoms with Gasteiger partial charge in [-0.15, -0.1) is 12.4 Å². The van der Waals surface area contributed by atoms with Crippen molar-refractivity contribution >= 4 is 24.0 Å². The van der Waals surface area contributed by atoms with Gasteiger partial charge >= 0.3 is 0 Å². The summed E-state index contributed by atoms with van der Waals surface area (Å²) in [7, 11) is 0. The summed E-state index contributed by atoms with van der Waals surface area (Å²) in [5.74, 6) is 2.51. The number of hydrogen-bond acceptors (Lipinski definition) is 4. The maximum Gasteiger partial charge on any atom is 0.224 e. The van der Waals surface area contributed by atoms with Crippen molar-refractivity contribution in [2.24, 2.45) is 17.8 Å². The van der Waals surface area contributed by atoms with E-state index in [4.69, 9.17) is 9.47 Å². The number of nitrogens with one attached hydrogen (secondary N) is 2. The Kier molecular flexibility index (Phi) is 9.56. The minimum absolute atomic E-state index is 0. The summed E-state index contributed by atoms with van der Waals surface area (Å²) in [6.07, 6.45) is 5.11. The number of aryl methyl sites for hydroxylation is 1. The fourth-order valence-electron chi connectivity index (χ4n) is 3.99. The third kappa shape index (κ3) is 6.94. The van der Waals surface area contributed by atoms with Gasteiger partial charge < -0.3 is 20.1 Å². The molecule has 6 heteroatoms. The molecular formula is C22H35ClN2O3. The van der Waals surface area contributed by atoms with Crippen LogP contribution in [0.1, 0.15) is 44.6 Å². The predicted octanol–water partition coefficient (Wildman–Crippen LogP) is 4.19. The van der Waals surface area contributed by atoms with Gasteiger partial charge in [-0.1, -0.05) is 13.0 Å². The number of piperidine rings is 1. The second kappa shape index (κ2) is 11.6. The number of benzene rings is 1. The molecule has 5 nitrogen and oxygen atoms in total. The highest BCUT2D eigenvalue weighted by Crippen LogP contribution is 2.26. The van der Waals surface area contributed by atoms with E-state index in [1.54, 1.807) is 0 Å². The fourth-order valence-corrected chi connectivity index (χ4v) is 3.99. The maximum absolute atomic E-state index is 12.5. The average Bonchev–Trinajstić information content (AvgIpc) is 2.69. The third-order valence-electron chi connectivity index (χ3n) is 5.93. The first-order valence-electron chi connectivity index (χ1n) is 10.4. The summed E-state index contributed by atoms with van der Waals surface area (Å²) in [6, 6.07) is 5.93. The molecule has 0 aliphatic carbocycles. The highest BCUT2D eigenvalue weighted by Gasteiger charge is 2.22. The summed E-state index contributed by atoms with van der Waals surface area (Å²) in [5.41, 5.74) is 1.92. The molecule has 0 radical (unpaired) electrons. The summed E-state index contributed by atoms with van der Waals surface area (Å²) >= 11 is 0. The van der Waals surface area contributed by atoms with E-state index in [2.05, 4.69) is 17.6 Å². The number of halogens is 1. The number of hydrogen-bond donors (Lipinski definition) is 2. The average molecular weight is 411 g/mol. The van der Waals surface area contributed by atoms with Gasteiger partial charge in [0.1, 0.15) is 5.75 Å². The fraction of sp³-hybridized carbons (Fsp3) is 0.682. The summed E-state index contributed by atoms with van der Waals surface area (Å²) < 4.78 is 11.5. The Hall–Kier alpha value is -1.30. The molecule has 1 aromatic rings. The summed E-state index contributed by atoms with van der Waals surface area (Å²) in [6.45, 7) is 8.75. The molecule has 1 aromatic carbocycles. The molecule has 2 saturated heterocycles. The zero-order valence-electron chi connectivity index (χ0n) is 17.2. The van der Waals surface area contributed by atoms with Crippen LogP contribution in [0.3, 0.4) is 0 Å². The SMILES string of the molecule is Cc1ccc(NC(=O)CC(C)C2CCCNC2)cc1OCC1CCOCC1.Cl. The molecule has 2 N–H and O–H groups in total. The van der Waals surface area contributed by atoms with Crippen LogP contribution in [0.2, 0.25) is 0 Å². The minimum atomic E-state index is 0. The Morgan fingerprint density at radius 1 is 1.32 bits per heavy atom. The second-order valence-corrected chi connectivity index (χ2v) is 8.18. The number of anilines is 1. The van der Waals surface area contributed by atoms with Crippen LogP contribution < -0.4 is 15.4 Å². The highest BCUT2D eigenvalue weighted by atomic mass is 35.5.